The first kappa shape index (κ1) is 17.2. The van der Waals surface area contributed by atoms with Crippen LogP contribution in [0.1, 0.15) is 62.9 Å². The van der Waals surface area contributed by atoms with Crippen LogP contribution in [0.5, 0.6) is 0 Å². The molecule has 2 aromatic rings. The summed E-state index contributed by atoms with van der Waals surface area (Å²) in [6, 6.07) is 7.68. The van der Waals surface area contributed by atoms with E-state index < -0.39 is 5.97 Å². The minimum atomic E-state index is -0.937. The van der Waals surface area contributed by atoms with E-state index in [0.29, 0.717) is 5.41 Å². The van der Waals surface area contributed by atoms with Crippen molar-refractivity contribution in [1.29, 1.82) is 0 Å². The maximum Gasteiger partial charge on any atom is 0.337 e. The molecule has 122 valence electrons. The van der Waals surface area contributed by atoms with Gasteiger partial charge in [-0.25, -0.2) is 4.79 Å². The summed E-state index contributed by atoms with van der Waals surface area (Å²) >= 11 is 0. The molecule has 0 unspecified atom stereocenters. The van der Waals surface area contributed by atoms with Crippen molar-refractivity contribution in [1.82, 2.24) is 4.98 Å². The largest absolute Gasteiger partial charge is 0.478 e. The zero-order chi connectivity index (χ0) is 17.0. The van der Waals surface area contributed by atoms with Crippen molar-refractivity contribution < 1.29 is 9.90 Å². The van der Waals surface area contributed by atoms with Gasteiger partial charge in [0.2, 0.25) is 0 Å². The average molecular weight is 311 g/mol. The van der Waals surface area contributed by atoms with Gasteiger partial charge >= 0.3 is 5.97 Å². The third kappa shape index (κ3) is 3.79. The van der Waals surface area contributed by atoms with Crippen LogP contribution in [0.15, 0.2) is 36.5 Å². The number of fused-ring (bicyclic) bond motifs is 1. The van der Waals surface area contributed by atoms with Gasteiger partial charge in [0.15, 0.2) is 0 Å². The summed E-state index contributed by atoms with van der Waals surface area (Å²) in [5, 5.41) is 9.96. The molecule has 23 heavy (non-hydrogen) atoms. The third-order valence-corrected chi connectivity index (χ3v) is 4.28. The number of aromatic nitrogens is 1. The van der Waals surface area contributed by atoms with Crippen LogP contribution < -0.4 is 0 Å². The van der Waals surface area contributed by atoms with Crippen molar-refractivity contribution in [3.63, 3.8) is 0 Å². The van der Waals surface area contributed by atoms with Crippen LogP contribution in [-0.4, -0.2) is 16.1 Å². The number of allylic oxidation sites excluding steroid dienone is 2. The highest BCUT2D eigenvalue weighted by Gasteiger charge is 2.22. The van der Waals surface area contributed by atoms with Crippen LogP contribution in [-0.2, 0) is 0 Å². The summed E-state index contributed by atoms with van der Waals surface area (Å²) in [5.74, 6) is -0.937. The lowest BCUT2D eigenvalue weighted by molar-refractivity contribution is 0.0696. The number of carboxylic acid groups (broad SMARTS) is 1. The smallest absolute Gasteiger partial charge is 0.337 e. The predicted molar refractivity (Wildman–Crippen MR) is 95.7 cm³/mol. The van der Waals surface area contributed by atoms with E-state index in [1.165, 1.54) is 18.2 Å². The van der Waals surface area contributed by atoms with E-state index in [2.05, 4.69) is 31.0 Å². The summed E-state index contributed by atoms with van der Waals surface area (Å²) in [5.41, 5.74) is 3.97. The van der Waals surface area contributed by atoms with Crippen molar-refractivity contribution in [2.24, 2.45) is 5.41 Å². The first-order chi connectivity index (χ1) is 11.0. The Morgan fingerprint density at radius 3 is 2.61 bits per heavy atom. The van der Waals surface area contributed by atoms with Gasteiger partial charge < -0.3 is 5.11 Å². The third-order valence-electron chi connectivity index (χ3n) is 4.28. The quantitative estimate of drug-likeness (QED) is 0.790. The normalized spacial score (nSPS) is 16.3. The Morgan fingerprint density at radius 1 is 1.26 bits per heavy atom. The Balaban J connectivity index is 0.000000924. The molecular formula is C20H25NO2. The molecule has 0 bridgehead atoms. The Labute approximate surface area is 138 Å². The van der Waals surface area contributed by atoms with Gasteiger partial charge in [-0.2, -0.15) is 0 Å². The second-order valence-electron chi connectivity index (χ2n) is 6.50. The highest BCUT2D eigenvalue weighted by Crippen LogP contribution is 2.39. The Hall–Kier alpha value is -2.16. The number of carbonyl (C=O) groups is 1. The maximum absolute atomic E-state index is 11.1. The molecule has 0 fully saturated rings. The fraction of sp³-hybridized carbons (Fsp3) is 0.400. The number of rotatable bonds is 2. The zero-order valence-electron chi connectivity index (χ0n) is 14.4. The van der Waals surface area contributed by atoms with Gasteiger partial charge in [-0.05, 0) is 36.3 Å². The summed E-state index contributed by atoms with van der Waals surface area (Å²) in [4.78, 5) is 15.4. The lowest BCUT2D eigenvalue weighted by atomic mass is 9.77. The summed E-state index contributed by atoms with van der Waals surface area (Å²) in [6.45, 7) is 8.58. The standard InChI is InChI=1S/C18H19NO2.C2H6/c1-18(2)8-6-12(7-9-18)15-5-3-4-13-10-14(17(20)21)11-19-16(13)15;1-2/h3-6,10-11H,7-9H2,1-2H3,(H,20,21);1-2H3. The fourth-order valence-corrected chi connectivity index (χ4v) is 2.86. The number of hydrogen-bond donors (Lipinski definition) is 1. The lowest BCUT2D eigenvalue weighted by Gasteiger charge is -2.29. The SMILES string of the molecule is CC.CC1(C)CC=C(c2cccc3cc(C(=O)O)cnc23)CC1. The van der Waals surface area contributed by atoms with Gasteiger partial charge in [-0.3, -0.25) is 4.98 Å². The van der Waals surface area contributed by atoms with Crippen LogP contribution in [0.25, 0.3) is 16.5 Å². The van der Waals surface area contributed by atoms with Crippen molar-refractivity contribution >= 4 is 22.4 Å². The van der Waals surface area contributed by atoms with E-state index in [1.807, 2.05) is 26.0 Å². The molecule has 1 heterocycles. The summed E-state index contributed by atoms with van der Waals surface area (Å²) in [6.07, 6.45) is 7.05. The molecule has 0 atom stereocenters. The first-order valence-corrected chi connectivity index (χ1v) is 8.28. The molecule has 0 spiro atoms. The molecule has 1 aliphatic rings. The molecule has 1 aromatic heterocycles. The number of para-hydroxylation sites is 1. The molecule has 1 aromatic carbocycles. The fourth-order valence-electron chi connectivity index (χ4n) is 2.86. The van der Waals surface area contributed by atoms with Crippen molar-refractivity contribution in [2.45, 2.75) is 47.0 Å². The lowest BCUT2D eigenvalue weighted by Crippen LogP contribution is -2.14. The Morgan fingerprint density at radius 2 is 2.00 bits per heavy atom. The number of aromatic carboxylic acids is 1. The summed E-state index contributed by atoms with van der Waals surface area (Å²) < 4.78 is 0. The monoisotopic (exact) mass is 311 g/mol. The van der Waals surface area contributed by atoms with E-state index in [1.54, 1.807) is 6.07 Å². The Kier molecular flexibility index (Phi) is 5.19. The molecule has 3 nitrogen and oxygen atoms in total. The molecule has 0 aliphatic heterocycles. The van der Waals surface area contributed by atoms with Crippen molar-refractivity contribution in [3.05, 3.63) is 47.7 Å². The van der Waals surface area contributed by atoms with Gasteiger partial charge in [-0.1, -0.05) is 52.0 Å². The van der Waals surface area contributed by atoms with E-state index in [4.69, 9.17) is 5.11 Å². The molecule has 0 saturated carbocycles. The van der Waals surface area contributed by atoms with E-state index >= 15 is 0 Å². The van der Waals surface area contributed by atoms with Gasteiger partial charge in [0.1, 0.15) is 0 Å². The van der Waals surface area contributed by atoms with Gasteiger partial charge in [0, 0.05) is 17.1 Å². The van der Waals surface area contributed by atoms with Crippen LogP contribution in [0.3, 0.4) is 0 Å². The zero-order valence-corrected chi connectivity index (χ0v) is 14.4. The van der Waals surface area contributed by atoms with Gasteiger partial charge in [0.25, 0.3) is 0 Å². The maximum atomic E-state index is 11.1. The topological polar surface area (TPSA) is 50.2 Å². The van der Waals surface area contributed by atoms with Gasteiger partial charge in [0.05, 0.1) is 11.1 Å². The first-order valence-electron chi connectivity index (χ1n) is 8.28. The number of hydrogen-bond acceptors (Lipinski definition) is 2. The highest BCUT2D eigenvalue weighted by atomic mass is 16.4. The van der Waals surface area contributed by atoms with Crippen LogP contribution >= 0.6 is 0 Å². The summed E-state index contributed by atoms with van der Waals surface area (Å²) in [7, 11) is 0. The molecular weight excluding hydrogens is 286 g/mol. The highest BCUT2D eigenvalue weighted by molar-refractivity contribution is 5.96. The second-order valence-corrected chi connectivity index (χ2v) is 6.50. The minimum Gasteiger partial charge on any atom is -0.478 e. The molecule has 0 saturated heterocycles. The van der Waals surface area contributed by atoms with Gasteiger partial charge in [-0.15, -0.1) is 0 Å². The van der Waals surface area contributed by atoms with E-state index in [9.17, 15) is 4.79 Å². The number of nitrogens with zero attached hydrogens (tertiary/aromatic N) is 1. The molecule has 0 radical (unpaired) electrons. The predicted octanol–water partition coefficient (Wildman–Crippen LogP) is 5.55. The van der Waals surface area contributed by atoms with Crippen molar-refractivity contribution in [3.8, 4) is 0 Å². The number of pyridine rings is 1. The minimum absolute atomic E-state index is 0.235. The van der Waals surface area contributed by atoms with Crippen molar-refractivity contribution in [2.75, 3.05) is 0 Å². The average Bonchev–Trinajstić information content (AvgIpc) is 2.56. The molecule has 1 aliphatic carbocycles. The molecule has 0 amide bonds. The van der Waals surface area contributed by atoms with Crippen LogP contribution in [0.4, 0.5) is 0 Å². The molecule has 3 heteroatoms. The molecule has 1 N–H and O–H groups in total. The Bertz CT molecular complexity index is 744. The van der Waals surface area contributed by atoms with Crippen LogP contribution in [0.2, 0.25) is 0 Å². The van der Waals surface area contributed by atoms with E-state index in [0.717, 1.165) is 29.3 Å². The molecule has 3 rings (SSSR count). The number of carboxylic acids is 1. The second kappa shape index (κ2) is 6.95. The van der Waals surface area contributed by atoms with Crippen LogP contribution in [0, 0.1) is 5.41 Å². The van der Waals surface area contributed by atoms with E-state index in [-0.39, 0.29) is 5.56 Å². The number of benzene rings is 1.